The lowest BCUT2D eigenvalue weighted by Crippen LogP contribution is -2.56. The van der Waals surface area contributed by atoms with Crippen LogP contribution in [0.5, 0.6) is 0 Å². The van der Waals surface area contributed by atoms with Gasteiger partial charge < -0.3 is 10.1 Å². The van der Waals surface area contributed by atoms with Crippen LogP contribution in [-0.2, 0) is 16.1 Å². The molecule has 0 bridgehead atoms. The molecule has 2 saturated carbocycles. The van der Waals surface area contributed by atoms with E-state index in [4.69, 9.17) is 16.3 Å². The quantitative estimate of drug-likeness (QED) is 0.269. The molecular formula is C29H29ClN4O3S. The van der Waals surface area contributed by atoms with E-state index < -0.39 is 0 Å². The summed E-state index contributed by atoms with van der Waals surface area (Å²) >= 11 is 8.02. The SMILES string of the molecule is CC(=O)OCCC1CC2(C1)CC(NC(=O)c1cc(Cl)cc3cnn(Cc4cnc(-c5ccccc5)s4)c13)C2. The summed E-state index contributed by atoms with van der Waals surface area (Å²) in [6, 6.07) is 13.9. The summed E-state index contributed by atoms with van der Waals surface area (Å²) in [7, 11) is 0. The van der Waals surface area contributed by atoms with Crippen molar-refractivity contribution in [1.82, 2.24) is 20.1 Å². The number of ether oxygens (including phenoxy) is 1. The molecule has 196 valence electrons. The number of hydrogen-bond acceptors (Lipinski definition) is 6. The van der Waals surface area contributed by atoms with Crippen molar-refractivity contribution in [2.24, 2.45) is 11.3 Å². The number of rotatable bonds is 8. The Kier molecular flexibility index (Phi) is 6.70. The number of amides is 1. The molecule has 0 aliphatic heterocycles. The van der Waals surface area contributed by atoms with Gasteiger partial charge in [-0.3, -0.25) is 14.3 Å². The van der Waals surface area contributed by atoms with E-state index in [1.165, 1.54) is 6.92 Å². The zero-order chi connectivity index (χ0) is 26.3. The molecule has 2 fully saturated rings. The van der Waals surface area contributed by atoms with E-state index in [1.54, 1.807) is 23.6 Å². The second-order valence-electron chi connectivity index (χ2n) is 10.7. The van der Waals surface area contributed by atoms with Crippen molar-refractivity contribution in [2.45, 2.75) is 51.6 Å². The zero-order valence-electron chi connectivity index (χ0n) is 21.2. The minimum atomic E-state index is -0.217. The third kappa shape index (κ3) is 5.07. The Balaban J connectivity index is 1.12. The number of benzene rings is 2. The van der Waals surface area contributed by atoms with Crippen molar-refractivity contribution in [1.29, 1.82) is 0 Å². The molecule has 2 aromatic heterocycles. The highest BCUT2D eigenvalue weighted by Crippen LogP contribution is 2.59. The summed E-state index contributed by atoms with van der Waals surface area (Å²) in [5, 5.41) is 10.1. The van der Waals surface area contributed by atoms with E-state index in [0.717, 1.165) is 58.5 Å². The molecule has 2 aliphatic rings. The Labute approximate surface area is 230 Å². The normalized spacial score (nSPS) is 22.2. The van der Waals surface area contributed by atoms with Gasteiger partial charge >= 0.3 is 5.97 Å². The fourth-order valence-corrected chi connectivity index (χ4v) is 7.28. The average Bonchev–Trinajstić information content (AvgIpc) is 3.48. The zero-order valence-corrected chi connectivity index (χ0v) is 22.7. The van der Waals surface area contributed by atoms with Crippen LogP contribution in [0, 0.1) is 11.3 Å². The summed E-state index contributed by atoms with van der Waals surface area (Å²) in [6.07, 6.45) is 8.85. The number of thiazole rings is 1. The topological polar surface area (TPSA) is 86.1 Å². The summed E-state index contributed by atoms with van der Waals surface area (Å²) in [5.41, 5.74) is 2.75. The van der Waals surface area contributed by atoms with Crippen LogP contribution in [0.25, 0.3) is 21.5 Å². The van der Waals surface area contributed by atoms with Crippen molar-refractivity contribution >= 4 is 45.7 Å². The molecule has 9 heteroatoms. The second kappa shape index (κ2) is 10.2. The van der Waals surface area contributed by atoms with E-state index >= 15 is 0 Å². The van der Waals surface area contributed by atoms with Crippen molar-refractivity contribution < 1.29 is 14.3 Å². The molecule has 0 atom stereocenters. The van der Waals surface area contributed by atoms with Crippen LogP contribution < -0.4 is 5.32 Å². The molecule has 0 unspecified atom stereocenters. The minimum Gasteiger partial charge on any atom is -0.466 e. The molecule has 6 rings (SSSR count). The molecule has 1 spiro atoms. The van der Waals surface area contributed by atoms with Crippen LogP contribution in [0.4, 0.5) is 0 Å². The number of nitrogens with one attached hydrogen (secondary N) is 1. The van der Waals surface area contributed by atoms with Gasteiger partial charge in [0.15, 0.2) is 0 Å². The predicted octanol–water partition coefficient (Wildman–Crippen LogP) is 6.10. The van der Waals surface area contributed by atoms with Gasteiger partial charge in [0.25, 0.3) is 5.91 Å². The average molecular weight is 549 g/mol. The summed E-state index contributed by atoms with van der Waals surface area (Å²) < 4.78 is 6.95. The number of carbonyl (C=O) groups excluding carboxylic acids is 2. The molecule has 1 N–H and O–H groups in total. The maximum atomic E-state index is 13.4. The van der Waals surface area contributed by atoms with Gasteiger partial charge in [-0.05, 0) is 55.6 Å². The molecule has 4 aromatic rings. The van der Waals surface area contributed by atoms with E-state index in [2.05, 4.69) is 15.4 Å². The van der Waals surface area contributed by atoms with E-state index in [9.17, 15) is 9.59 Å². The van der Waals surface area contributed by atoms with Crippen LogP contribution in [0.15, 0.2) is 54.9 Å². The van der Waals surface area contributed by atoms with Gasteiger partial charge in [-0.2, -0.15) is 5.10 Å². The Hall–Kier alpha value is -3.23. The lowest BCUT2D eigenvalue weighted by atomic mass is 9.49. The first-order valence-electron chi connectivity index (χ1n) is 13.0. The highest BCUT2D eigenvalue weighted by Gasteiger charge is 2.52. The van der Waals surface area contributed by atoms with Crippen LogP contribution in [0.3, 0.4) is 0 Å². The molecule has 2 aliphatic carbocycles. The highest BCUT2D eigenvalue weighted by atomic mass is 35.5. The number of aromatic nitrogens is 3. The van der Waals surface area contributed by atoms with Gasteiger partial charge in [-0.15, -0.1) is 11.3 Å². The standard InChI is InChI=1S/C29H29ClN4O3S/c1-18(35)37-8-7-19-11-29(12-19)13-23(14-29)33-27(36)25-10-22(30)9-21-15-32-34(26(21)25)17-24-16-31-28(38-24)20-5-3-2-4-6-20/h2-6,9-10,15-16,19,23H,7-8,11-14,17H2,1H3,(H,33,36). The van der Waals surface area contributed by atoms with Crippen LogP contribution in [-0.4, -0.2) is 39.3 Å². The molecule has 0 radical (unpaired) electrons. The number of hydrogen-bond donors (Lipinski definition) is 1. The number of nitrogens with zero attached hydrogens (tertiary/aromatic N) is 3. The highest BCUT2D eigenvalue weighted by molar-refractivity contribution is 7.15. The largest absolute Gasteiger partial charge is 0.466 e. The van der Waals surface area contributed by atoms with Crippen LogP contribution in [0.2, 0.25) is 5.02 Å². The summed E-state index contributed by atoms with van der Waals surface area (Å²) in [5.74, 6) is 0.284. The first-order chi connectivity index (χ1) is 18.4. The molecule has 38 heavy (non-hydrogen) atoms. The Morgan fingerprint density at radius 2 is 1.95 bits per heavy atom. The lowest BCUT2D eigenvalue weighted by molar-refractivity contribution is -0.142. The van der Waals surface area contributed by atoms with Gasteiger partial charge in [-0.25, -0.2) is 4.98 Å². The van der Waals surface area contributed by atoms with Crippen LogP contribution >= 0.6 is 22.9 Å². The molecule has 1 amide bonds. The Morgan fingerprint density at radius 1 is 1.16 bits per heavy atom. The fourth-order valence-electron chi connectivity index (χ4n) is 6.15. The van der Waals surface area contributed by atoms with E-state index in [1.807, 2.05) is 47.3 Å². The van der Waals surface area contributed by atoms with Gasteiger partial charge in [0, 0.05) is 40.0 Å². The third-order valence-corrected chi connectivity index (χ3v) is 9.04. The maximum Gasteiger partial charge on any atom is 0.302 e. The van der Waals surface area contributed by atoms with Gasteiger partial charge in [0.2, 0.25) is 0 Å². The number of carbonyl (C=O) groups is 2. The van der Waals surface area contributed by atoms with Crippen LogP contribution in [0.1, 0.15) is 54.3 Å². The number of fused-ring (bicyclic) bond motifs is 1. The van der Waals surface area contributed by atoms with Crippen molar-refractivity contribution in [3.05, 3.63) is 70.3 Å². The first kappa shape index (κ1) is 25.1. The molecule has 0 saturated heterocycles. The Bertz CT molecular complexity index is 1480. The molecule has 7 nitrogen and oxygen atoms in total. The molecular weight excluding hydrogens is 520 g/mol. The number of esters is 1. The van der Waals surface area contributed by atoms with E-state index in [-0.39, 0.29) is 17.9 Å². The summed E-state index contributed by atoms with van der Waals surface area (Å²) in [6.45, 7) is 2.48. The van der Waals surface area contributed by atoms with E-state index in [0.29, 0.717) is 35.1 Å². The van der Waals surface area contributed by atoms with Gasteiger partial charge in [-0.1, -0.05) is 41.9 Å². The maximum absolute atomic E-state index is 13.4. The molecule has 2 heterocycles. The smallest absolute Gasteiger partial charge is 0.302 e. The van der Waals surface area contributed by atoms with Gasteiger partial charge in [0.1, 0.15) is 5.01 Å². The fraction of sp³-hybridized carbons (Fsp3) is 0.379. The lowest BCUT2D eigenvalue weighted by Gasteiger charge is -2.58. The first-order valence-corrected chi connectivity index (χ1v) is 14.2. The Morgan fingerprint density at radius 3 is 2.71 bits per heavy atom. The minimum absolute atomic E-state index is 0.112. The molecule has 2 aromatic carbocycles. The predicted molar refractivity (Wildman–Crippen MR) is 148 cm³/mol. The van der Waals surface area contributed by atoms with Crippen molar-refractivity contribution in [3.8, 4) is 10.6 Å². The monoisotopic (exact) mass is 548 g/mol. The third-order valence-electron chi connectivity index (χ3n) is 7.79. The van der Waals surface area contributed by atoms with Crippen molar-refractivity contribution in [3.63, 3.8) is 0 Å². The van der Waals surface area contributed by atoms with Crippen molar-refractivity contribution in [2.75, 3.05) is 6.61 Å². The number of halogens is 1. The second-order valence-corrected chi connectivity index (χ2v) is 12.2. The van der Waals surface area contributed by atoms with Gasteiger partial charge in [0.05, 0.1) is 30.4 Å². The summed E-state index contributed by atoms with van der Waals surface area (Å²) in [4.78, 5) is 30.0.